The van der Waals surface area contributed by atoms with E-state index in [1.165, 1.54) is 0 Å². The molecular weight excluding hydrogens is 528 g/mol. The number of thiazole rings is 1. The van der Waals surface area contributed by atoms with Crippen molar-refractivity contribution in [2.24, 2.45) is 0 Å². The van der Waals surface area contributed by atoms with Crippen LogP contribution in [0.25, 0.3) is 10.9 Å². The first kappa shape index (κ1) is 27.2. The minimum atomic E-state index is -0.0751. The van der Waals surface area contributed by atoms with Crippen LogP contribution in [-0.2, 0) is 14.3 Å². The number of benzene rings is 1. The molecule has 0 N–H and O–H groups in total. The van der Waals surface area contributed by atoms with E-state index in [1.54, 1.807) is 18.4 Å². The van der Waals surface area contributed by atoms with Gasteiger partial charge in [-0.25, -0.2) is 4.98 Å². The van der Waals surface area contributed by atoms with E-state index in [9.17, 15) is 4.79 Å². The molecule has 3 fully saturated rings. The number of pyridine rings is 1. The number of fused-ring (bicyclic) bond motifs is 1. The summed E-state index contributed by atoms with van der Waals surface area (Å²) < 4.78 is 16.8. The van der Waals surface area contributed by atoms with E-state index in [2.05, 4.69) is 32.2 Å². The normalized spacial score (nSPS) is 20.0. The number of rotatable bonds is 7. The fourth-order valence-electron chi connectivity index (χ4n) is 5.91. The van der Waals surface area contributed by atoms with Crippen LogP contribution in [0.15, 0.2) is 35.8 Å². The molecule has 3 aliphatic heterocycles. The summed E-state index contributed by atoms with van der Waals surface area (Å²) in [5.74, 6) is 1.02. The zero-order chi connectivity index (χ0) is 27.3. The monoisotopic (exact) mass is 566 g/mol. The highest BCUT2D eigenvalue weighted by Crippen LogP contribution is 2.37. The van der Waals surface area contributed by atoms with Crippen molar-refractivity contribution in [1.82, 2.24) is 19.8 Å². The van der Waals surface area contributed by atoms with Gasteiger partial charge in [-0.1, -0.05) is 6.07 Å². The molecule has 2 aromatic heterocycles. The van der Waals surface area contributed by atoms with Gasteiger partial charge in [0, 0.05) is 75.7 Å². The molecule has 3 aromatic rings. The Morgan fingerprint density at radius 3 is 2.58 bits per heavy atom. The Morgan fingerprint density at radius 1 is 0.975 bits per heavy atom. The largest absolute Gasteiger partial charge is 0.494 e. The third-order valence-corrected chi connectivity index (χ3v) is 9.00. The van der Waals surface area contributed by atoms with E-state index in [1.807, 2.05) is 23.2 Å². The van der Waals surface area contributed by atoms with Gasteiger partial charge < -0.3 is 28.9 Å². The maximum Gasteiger partial charge on any atom is 0.224 e. The molecule has 5 heterocycles. The smallest absolute Gasteiger partial charge is 0.224 e. The number of hydrogen-bond donors (Lipinski definition) is 0. The molecule has 3 saturated heterocycles. The third kappa shape index (κ3) is 5.88. The van der Waals surface area contributed by atoms with Crippen LogP contribution in [0.5, 0.6) is 5.75 Å². The molecule has 0 bridgehead atoms. The van der Waals surface area contributed by atoms with Crippen molar-refractivity contribution in [1.29, 1.82) is 0 Å². The van der Waals surface area contributed by atoms with Gasteiger partial charge in [-0.2, -0.15) is 0 Å². The fourth-order valence-corrected chi connectivity index (χ4v) is 6.84. The maximum atomic E-state index is 13.5. The summed E-state index contributed by atoms with van der Waals surface area (Å²) in [6, 6.07) is 8.09. The van der Waals surface area contributed by atoms with Crippen LogP contribution in [0.3, 0.4) is 0 Å². The van der Waals surface area contributed by atoms with E-state index in [-0.39, 0.29) is 11.9 Å². The summed E-state index contributed by atoms with van der Waals surface area (Å²) in [7, 11) is 1.72. The highest BCUT2D eigenvalue weighted by atomic mass is 32.1. The molecule has 40 heavy (non-hydrogen) atoms. The Bertz CT molecular complexity index is 1290. The van der Waals surface area contributed by atoms with Gasteiger partial charge >= 0.3 is 0 Å². The molecule has 214 valence electrons. The van der Waals surface area contributed by atoms with Gasteiger partial charge in [0.05, 0.1) is 50.8 Å². The number of carbonyl (C=O) groups excluding carboxylic acids is 1. The number of ether oxygens (including phenoxy) is 3. The van der Waals surface area contributed by atoms with Crippen molar-refractivity contribution in [3.63, 3.8) is 0 Å². The molecular formula is C29H38N6O4S. The summed E-state index contributed by atoms with van der Waals surface area (Å²) in [5.41, 5.74) is 3.00. The standard InChI is InChI=1S/C29H38N6O4S/c1-37-25-6-5-22-4-2-7-30-27(22)28(25)34-9-3-8-32(10-11-34)24(20-26(36)33-12-16-38-17-13-33)23-21-40-29(31-23)35-14-18-39-19-15-35/h2,4-7,21,24H,3,8-20H2,1H3/t24-/m0/s1. The fraction of sp³-hybridized carbons (Fsp3) is 0.552. The number of morpholine rings is 2. The molecule has 1 amide bonds. The summed E-state index contributed by atoms with van der Waals surface area (Å²) >= 11 is 1.67. The van der Waals surface area contributed by atoms with Crippen molar-refractivity contribution in [3.05, 3.63) is 41.5 Å². The summed E-state index contributed by atoms with van der Waals surface area (Å²) in [6.45, 7) is 9.09. The predicted octanol–water partition coefficient (Wildman–Crippen LogP) is 3.04. The Hall–Kier alpha value is -2.99. The zero-order valence-electron chi connectivity index (χ0n) is 23.2. The minimum absolute atomic E-state index is 0.0751. The second kappa shape index (κ2) is 12.7. The molecule has 10 nitrogen and oxygen atoms in total. The van der Waals surface area contributed by atoms with Gasteiger partial charge in [0.25, 0.3) is 0 Å². The number of amides is 1. The predicted molar refractivity (Wildman–Crippen MR) is 157 cm³/mol. The lowest BCUT2D eigenvalue weighted by molar-refractivity contribution is -0.136. The van der Waals surface area contributed by atoms with E-state index in [4.69, 9.17) is 24.2 Å². The lowest BCUT2D eigenvalue weighted by Gasteiger charge is -2.33. The van der Waals surface area contributed by atoms with Crippen LogP contribution in [0.1, 0.15) is 24.6 Å². The Morgan fingerprint density at radius 2 is 1.77 bits per heavy atom. The van der Waals surface area contributed by atoms with Crippen molar-refractivity contribution in [3.8, 4) is 5.75 Å². The van der Waals surface area contributed by atoms with Gasteiger partial charge in [-0.15, -0.1) is 11.3 Å². The Labute approximate surface area is 239 Å². The van der Waals surface area contributed by atoms with Crippen molar-refractivity contribution in [2.75, 3.05) is 95.7 Å². The Kier molecular flexibility index (Phi) is 8.62. The van der Waals surface area contributed by atoms with Crippen LogP contribution in [0.2, 0.25) is 0 Å². The van der Waals surface area contributed by atoms with Gasteiger partial charge in [-0.3, -0.25) is 14.7 Å². The number of aromatic nitrogens is 2. The first-order valence-electron chi connectivity index (χ1n) is 14.3. The molecule has 1 atom stereocenters. The first-order valence-corrected chi connectivity index (χ1v) is 15.1. The maximum absolute atomic E-state index is 13.5. The van der Waals surface area contributed by atoms with Gasteiger partial charge in [0.15, 0.2) is 5.13 Å². The molecule has 0 aliphatic carbocycles. The lowest BCUT2D eigenvalue weighted by Crippen LogP contribution is -2.43. The molecule has 0 spiro atoms. The molecule has 6 rings (SSSR count). The molecule has 0 radical (unpaired) electrons. The van der Waals surface area contributed by atoms with E-state index in [0.29, 0.717) is 32.7 Å². The molecule has 0 saturated carbocycles. The second-order valence-corrected chi connectivity index (χ2v) is 11.3. The summed E-state index contributed by atoms with van der Waals surface area (Å²) in [4.78, 5) is 32.4. The van der Waals surface area contributed by atoms with Crippen LogP contribution in [0.4, 0.5) is 10.8 Å². The van der Waals surface area contributed by atoms with Crippen molar-refractivity contribution < 1.29 is 19.0 Å². The molecule has 3 aliphatic rings. The van der Waals surface area contributed by atoms with Crippen LogP contribution >= 0.6 is 11.3 Å². The molecule has 0 unspecified atom stereocenters. The van der Waals surface area contributed by atoms with Crippen molar-refractivity contribution >= 4 is 39.0 Å². The van der Waals surface area contributed by atoms with Crippen LogP contribution < -0.4 is 14.5 Å². The zero-order valence-corrected chi connectivity index (χ0v) is 24.0. The average molecular weight is 567 g/mol. The number of hydrogen-bond acceptors (Lipinski definition) is 10. The number of methoxy groups -OCH3 is 1. The number of anilines is 2. The van der Waals surface area contributed by atoms with Crippen LogP contribution in [0, 0.1) is 0 Å². The van der Waals surface area contributed by atoms with E-state index < -0.39 is 0 Å². The Balaban J connectivity index is 1.25. The third-order valence-electron chi connectivity index (χ3n) is 8.08. The van der Waals surface area contributed by atoms with E-state index >= 15 is 0 Å². The van der Waals surface area contributed by atoms with Gasteiger partial charge in [0.2, 0.25) is 5.91 Å². The van der Waals surface area contributed by atoms with Gasteiger partial charge in [-0.05, 0) is 24.6 Å². The molecule has 1 aromatic carbocycles. The summed E-state index contributed by atoms with van der Waals surface area (Å²) in [5, 5.41) is 4.28. The average Bonchev–Trinajstić information content (AvgIpc) is 3.38. The first-order chi connectivity index (χ1) is 19.7. The topological polar surface area (TPSA) is 83.5 Å². The number of nitrogens with zero attached hydrogens (tertiary/aromatic N) is 6. The molecule has 11 heteroatoms. The van der Waals surface area contributed by atoms with E-state index in [0.717, 1.165) is 92.1 Å². The number of carbonyl (C=O) groups is 1. The van der Waals surface area contributed by atoms with Crippen molar-refractivity contribution in [2.45, 2.75) is 18.9 Å². The SMILES string of the molecule is COc1ccc2cccnc2c1N1CCCN([C@@H](CC(=O)N2CCOCC2)c2csc(N3CCOCC3)n2)CC1. The quantitative estimate of drug-likeness (QED) is 0.429. The van der Waals surface area contributed by atoms with Crippen LogP contribution in [-0.4, -0.2) is 112 Å². The highest BCUT2D eigenvalue weighted by molar-refractivity contribution is 7.13. The second-order valence-electron chi connectivity index (χ2n) is 10.4. The highest BCUT2D eigenvalue weighted by Gasteiger charge is 2.31. The summed E-state index contributed by atoms with van der Waals surface area (Å²) in [6.07, 6.45) is 3.23. The minimum Gasteiger partial charge on any atom is -0.494 e. The lowest BCUT2D eigenvalue weighted by atomic mass is 10.1. The van der Waals surface area contributed by atoms with Gasteiger partial charge in [0.1, 0.15) is 11.4 Å².